The summed E-state index contributed by atoms with van der Waals surface area (Å²) in [6.07, 6.45) is 0.994. The molecular weight excluding hydrogens is 232 g/mol. The second-order valence-corrected chi connectivity index (χ2v) is 5.08. The number of nitrogens with zero attached hydrogens (tertiary/aromatic N) is 1. The molecule has 0 saturated carbocycles. The van der Waals surface area contributed by atoms with Gasteiger partial charge in [0.15, 0.2) is 0 Å². The fourth-order valence-electron chi connectivity index (χ4n) is 2.28. The molecule has 0 aromatic rings. The fraction of sp³-hybridized carbons (Fsp3) is 0.846. The average molecular weight is 256 g/mol. The maximum Gasteiger partial charge on any atom is 0.245 e. The molecule has 0 spiro atoms. The van der Waals surface area contributed by atoms with E-state index >= 15 is 0 Å². The van der Waals surface area contributed by atoms with Crippen molar-refractivity contribution in [2.24, 2.45) is 5.92 Å². The van der Waals surface area contributed by atoms with Gasteiger partial charge in [-0.25, -0.2) is 0 Å². The first-order valence-electron chi connectivity index (χ1n) is 6.60. The molecule has 0 aliphatic carbocycles. The van der Waals surface area contributed by atoms with E-state index in [1.165, 1.54) is 0 Å². The minimum atomic E-state index is -0.391. The lowest BCUT2D eigenvalue weighted by Crippen LogP contribution is -2.51. The molecule has 1 aliphatic heterocycles. The first-order valence-corrected chi connectivity index (χ1v) is 6.60. The Kier molecular flexibility index (Phi) is 5.59. The Morgan fingerprint density at radius 2 is 2.11 bits per heavy atom. The van der Waals surface area contributed by atoms with Crippen LogP contribution in [0.2, 0.25) is 0 Å². The van der Waals surface area contributed by atoms with Gasteiger partial charge in [0, 0.05) is 20.1 Å². The van der Waals surface area contributed by atoms with Crippen LogP contribution in [0.3, 0.4) is 0 Å². The molecule has 2 unspecified atom stereocenters. The Morgan fingerprint density at radius 1 is 1.44 bits per heavy atom. The zero-order valence-corrected chi connectivity index (χ0v) is 11.7. The average Bonchev–Trinajstić information content (AvgIpc) is 2.46. The van der Waals surface area contributed by atoms with Crippen molar-refractivity contribution in [3.63, 3.8) is 0 Å². The van der Waals surface area contributed by atoms with Crippen LogP contribution in [0, 0.1) is 5.92 Å². The minimum absolute atomic E-state index is 0.0131. The highest BCUT2D eigenvalue weighted by molar-refractivity contribution is 5.90. The van der Waals surface area contributed by atoms with Gasteiger partial charge in [-0.3, -0.25) is 9.59 Å². The van der Waals surface area contributed by atoms with Gasteiger partial charge in [-0.1, -0.05) is 20.8 Å². The molecule has 0 bridgehead atoms. The van der Waals surface area contributed by atoms with Crippen LogP contribution in [-0.4, -0.2) is 49.1 Å². The number of carbonyl (C=O) groups is 2. The Bertz CT molecular complexity index is 305. The molecule has 5 heteroatoms. The quantitative estimate of drug-likeness (QED) is 0.791. The van der Waals surface area contributed by atoms with Crippen LogP contribution in [0.5, 0.6) is 0 Å². The van der Waals surface area contributed by atoms with E-state index in [1.54, 1.807) is 12.0 Å². The van der Waals surface area contributed by atoms with Crippen molar-refractivity contribution in [3.8, 4) is 0 Å². The predicted octanol–water partition coefficient (Wildman–Crippen LogP) is 0.784. The maximum absolute atomic E-state index is 12.4. The smallest absolute Gasteiger partial charge is 0.245 e. The largest absolute Gasteiger partial charge is 0.383 e. The van der Waals surface area contributed by atoms with E-state index < -0.39 is 6.04 Å². The molecular formula is C13H24N2O3. The monoisotopic (exact) mass is 256 g/mol. The zero-order chi connectivity index (χ0) is 13.7. The molecule has 1 rings (SSSR count). The van der Waals surface area contributed by atoms with Gasteiger partial charge in [0.1, 0.15) is 6.04 Å². The van der Waals surface area contributed by atoms with Crippen molar-refractivity contribution in [3.05, 3.63) is 0 Å². The summed E-state index contributed by atoms with van der Waals surface area (Å²) in [6, 6.07) is -0.359. The van der Waals surface area contributed by atoms with Gasteiger partial charge in [-0.05, 0) is 12.3 Å². The molecule has 0 aromatic carbocycles. The van der Waals surface area contributed by atoms with Gasteiger partial charge in [-0.2, -0.15) is 0 Å². The molecule has 5 nitrogen and oxygen atoms in total. The van der Waals surface area contributed by atoms with Crippen molar-refractivity contribution < 1.29 is 14.3 Å². The van der Waals surface area contributed by atoms with Crippen molar-refractivity contribution in [2.45, 2.75) is 45.7 Å². The molecule has 1 saturated heterocycles. The summed E-state index contributed by atoms with van der Waals surface area (Å²) in [5, 5.41) is 2.77. The summed E-state index contributed by atoms with van der Waals surface area (Å²) < 4.78 is 5.20. The number of ether oxygens (including phenoxy) is 1. The topological polar surface area (TPSA) is 58.6 Å². The van der Waals surface area contributed by atoms with Gasteiger partial charge in [-0.15, -0.1) is 0 Å². The molecule has 2 atom stereocenters. The first kappa shape index (κ1) is 15.0. The summed E-state index contributed by atoms with van der Waals surface area (Å²) in [7, 11) is 1.64. The molecule has 1 aliphatic rings. The Hall–Kier alpha value is -1.10. The third-order valence-corrected chi connectivity index (χ3v) is 3.41. The van der Waals surface area contributed by atoms with E-state index in [0.29, 0.717) is 31.9 Å². The Labute approximate surface area is 109 Å². The SMILES string of the molecule is CCC1NC(=O)CCN(C(COC)C(C)C)C1=O. The van der Waals surface area contributed by atoms with Crippen LogP contribution in [-0.2, 0) is 14.3 Å². The van der Waals surface area contributed by atoms with E-state index in [9.17, 15) is 9.59 Å². The standard InChI is InChI=1S/C13H24N2O3/c1-5-10-13(17)15(7-6-12(16)14-10)11(8-18-4)9(2)3/h9-11H,5-8H2,1-4H3,(H,14,16). The van der Waals surface area contributed by atoms with Crippen LogP contribution in [0.15, 0.2) is 0 Å². The molecule has 1 fully saturated rings. The molecule has 0 aromatic heterocycles. The number of rotatable bonds is 5. The van der Waals surface area contributed by atoms with Crippen LogP contribution in [0.4, 0.5) is 0 Å². The van der Waals surface area contributed by atoms with E-state index in [1.807, 2.05) is 6.92 Å². The first-order chi connectivity index (χ1) is 8.51. The van der Waals surface area contributed by atoms with E-state index in [0.717, 1.165) is 0 Å². The highest BCUT2D eigenvalue weighted by Gasteiger charge is 2.33. The molecule has 0 radical (unpaired) electrons. The van der Waals surface area contributed by atoms with E-state index in [2.05, 4.69) is 19.2 Å². The highest BCUT2D eigenvalue weighted by atomic mass is 16.5. The number of hydrogen-bond donors (Lipinski definition) is 1. The Morgan fingerprint density at radius 3 is 2.61 bits per heavy atom. The number of hydrogen-bond acceptors (Lipinski definition) is 3. The molecule has 1 N–H and O–H groups in total. The third kappa shape index (κ3) is 3.45. The highest BCUT2D eigenvalue weighted by Crippen LogP contribution is 2.16. The van der Waals surface area contributed by atoms with Gasteiger partial charge >= 0.3 is 0 Å². The van der Waals surface area contributed by atoms with Crippen molar-refractivity contribution >= 4 is 11.8 Å². The van der Waals surface area contributed by atoms with Crippen LogP contribution >= 0.6 is 0 Å². The minimum Gasteiger partial charge on any atom is -0.383 e. The Balaban J connectivity index is 2.89. The lowest BCUT2D eigenvalue weighted by molar-refractivity contribution is -0.137. The normalized spacial score (nSPS) is 22.9. The number of amides is 2. The van der Waals surface area contributed by atoms with Crippen molar-refractivity contribution in [2.75, 3.05) is 20.3 Å². The van der Waals surface area contributed by atoms with E-state index in [4.69, 9.17) is 4.74 Å². The van der Waals surface area contributed by atoms with Crippen LogP contribution in [0.1, 0.15) is 33.6 Å². The zero-order valence-electron chi connectivity index (χ0n) is 11.7. The lowest BCUT2D eigenvalue weighted by atomic mass is 10.0. The molecule has 104 valence electrons. The number of nitrogens with one attached hydrogen (secondary N) is 1. The van der Waals surface area contributed by atoms with Crippen LogP contribution < -0.4 is 5.32 Å². The molecule has 2 amide bonds. The van der Waals surface area contributed by atoms with Gasteiger partial charge in [0.2, 0.25) is 11.8 Å². The summed E-state index contributed by atoms with van der Waals surface area (Å²) in [5.41, 5.74) is 0. The van der Waals surface area contributed by atoms with Gasteiger partial charge < -0.3 is 15.0 Å². The summed E-state index contributed by atoms with van der Waals surface area (Å²) >= 11 is 0. The van der Waals surface area contributed by atoms with Crippen molar-refractivity contribution in [1.29, 1.82) is 0 Å². The molecule has 1 heterocycles. The maximum atomic E-state index is 12.4. The van der Waals surface area contributed by atoms with E-state index in [-0.39, 0.29) is 17.9 Å². The second-order valence-electron chi connectivity index (χ2n) is 5.08. The third-order valence-electron chi connectivity index (χ3n) is 3.41. The fourth-order valence-corrected chi connectivity index (χ4v) is 2.28. The summed E-state index contributed by atoms with van der Waals surface area (Å²) in [6.45, 7) is 7.03. The molecule has 18 heavy (non-hydrogen) atoms. The van der Waals surface area contributed by atoms with Crippen molar-refractivity contribution in [1.82, 2.24) is 10.2 Å². The summed E-state index contributed by atoms with van der Waals surface area (Å²) in [4.78, 5) is 25.8. The van der Waals surface area contributed by atoms with Crippen LogP contribution in [0.25, 0.3) is 0 Å². The van der Waals surface area contributed by atoms with Gasteiger partial charge in [0.25, 0.3) is 0 Å². The number of methoxy groups -OCH3 is 1. The second kappa shape index (κ2) is 6.73. The number of carbonyl (C=O) groups excluding carboxylic acids is 2. The summed E-state index contributed by atoms with van der Waals surface area (Å²) in [5.74, 6) is 0.274. The lowest BCUT2D eigenvalue weighted by Gasteiger charge is -2.34. The van der Waals surface area contributed by atoms with Gasteiger partial charge in [0.05, 0.1) is 12.6 Å². The predicted molar refractivity (Wildman–Crippen MR) is 69.1 cm³/mol.